The fourth-order valence-corrected chi connectivity index (χ4v) is 3.28. The zero-order valence-corrected chi connectivity index (χ0v) is 10.4. The summed E-state index contributed by atoms with van der Waals surface area (Å²) < 4.78 is 58.3. The molecule has 0 aromatic carbocycles. The van der Waals surface area contributed by atoms with Gasteiger partial charge in [0.25, 0.3) is 0 Å². The van der Waals surface area contributed by atoms with E-state index in [-0.39, 0.29) is 5.75 Å². The van der Waals surface area contributed by atoms with Crippen LogP contribution in [-0.4, -0.2) is 38.7 Å². The zero-order valence-electron chi connectivity index (χ0n) is 9.59. The molecule has 0 aromatic rings. The maximum absolute atomic E-state index is 11.9. The predicted molar refractivity (Wildman–Crippen MR) is 59.6 cm³/mol. The van der Waals surface area contributed by atoms with E-state index in [1.807, 2.05) is 0 Å². The van der Waals surface area contributed by atoms with Crippen molar-refractivity contribution in [3.8, 4) is 0 Å². The molecule has 17 heavy (non-hydrogen) atoms. The average Bonchev–Trinajstić information content (AvgIpc) is 2.67. The fourth-order valence-electron chi connectivity index (χ4n) is 1.93. The lowest BCUT2D eigenvalue weighted by atomic mass is 10.1. The Labute approximate surface area is 99.7 Å². The van der Waals surface area contributed by atoms with Crippen LogP contribution in [0.5, 0.6) is 0 Å². The summed E-state index contributed by atoms with van der Waals surface area (Å²) in [6.07, 6.45) is -2.34. The van der Waals surface area contributed by atoms with Crippen LogP contribution in [0.2, 0.25) is 0 Å². The number of hydrogen-bond donors (Lipinski definition) is 1. The van der Waals surface area contributed by atoms with Crippen molar-refractivity contribution in [1.29, 1.82) is 0 Å². The number of hydrogen-bond acceptors (Lipinski definition) is 3. The predicted octanol–water partition coefficient (Wildman–Crippen LogP) is 1.89. The van der Waals surface area contributed by atoms with Crippen molar-refractivity contribution < 1.29 is 21.6 Å². The third-order valence-electron chi connectivity index (χ3n) is 2.87. The van der Waals surface area contributed by atoms with E-state index in [9.17, 15) is 21.6 Å². The van der Waals surface area contributed by atoms with Gasteiger partial charge in [0.05, 0.1) is 17.9 Å². The first-order chi connectivity index (χ1) is 7.79. The number of alkyl halides is 3. The van der Waals surface area contributed by atoms with Crippen molar-refractivity contribution in [3.63, 3.8) is 0 Å². The lowest BCUT2D eigenvalue weighted by molar-refractivity contribution is -0.129. The molecule has 1 heterocycles. The van der Waals surface area contributed by atoms with Crippen LogP contribution in [0.3, 0.4) is 0 Å². The van der Waals surface area contributed by atoms with Gasteiger partial charge in [-0.15, -0.1) is 0 Å². The van der Waals surface area contributed by atoms with Crippen molar-refractivity contribution in [2.45, 2.75) is 44.3 Å². The quantitative estimate of drug-likeness (QED) is 0.804. The third kappa shape index (κ3) is 6.88. The third-order valence-corrected chi connectivity index (χ3v) is 4.60. The Morgan fingerprint density at radius 1 is 1.24 bits per heavy atom. The lowest BCUT2D eigenvalue weighted by Gasteiger charge is -2.10. The molecule has 0 spiro atoms. The summed E-state index contributed by atoms with van der Waals surface area (Å²) in [6.45, 7) is 0.950. The first-order valence-electron chi connectivity index (χ1n) is 5.79. The number of rotatable bonds is 6. The van der Waals surface area contributed by atoms with Crippen molar-refractivity contribution >= 4 is 9.84 Å². The summed E-state index contributed by atoms with van der Waals surface area (Å²) in [6, 6.07) is 0.341. The van der Waals surface area contributed by atoms with Gasteiger partial charge in [-0.3, -0.25) is 0 Å². The molecule has 0 aromatic heterocycles. The summed E-state index contributed by atoms with van der Waals surface area (Å²) in [5, 5.41) is 3.22. The largest absolute Gasteiger partial charge is 0.390 e. The fraction of sp³-hybridized carbons (Fsp3) is 1.00. The molecule has 0 aliphatic carbocycles. The van der Waals surface area contributed by atoms with Crippen molar-refractivity contribution in [1.82, 2.24) is 5.32 Å². The lowest BCUT2D eigenvalue weighted by Crippen LogP contribution is -2.23. The molecule has 1 atom stereocenters. The van der Waals surface area contributed by atoms with Gasteiger partial charge < -0.3 is 5.32 Å². The second-order valence-corrected chi connectivity index (χ2v) is 6.76. The highest BCUT2D eigenvalue weighted by Gasteiger charge is 2.29. The van der Waals surface area contributed by atoms with Crippen LogP contribution in [0.15, 0.2) is 0 Å². The van der Waals surface area contributed by atoms with Crippen LogP contribution in [0, 0.1) is 0 Å². The Hall–Kier alpha value is -0.300. The molecule has 0 radical (unpaired) electrons. The highest BCUT2D eigenvalue weighted by atomic mass is 32.2. The molecule has 0 bridgehead atoms. The number of halogens is 3. The molecule has 1 aliphatic rings. The molecule has 0 unspecified atom stereocenters. The standard InChI is InChI=1S/C10H18F3NO2S/c11-10(12,13)5-8-17(15,16)7-2-4-9-3-1-6-14-9/h9,14H,1-8H2/t9-/m0/s1. The van der Waals surface area contributed by atoms with E-state index in [4.69, 9.17) is 0 Å². The van der Waals surface area contributed by atoms with Crippen LogP contribution in [0.4, 0.5) is 13.2 Å². The van der Waals surface area contributed by atoms with Gasteiger partial charge in [0.2, 0.25) is 0 Å². The Morgan fingerprint density at radius 3 is 2.47 bits per heavy atom. The summed E-state index contributed by atoms with van der Waals surface area (Å²) in [5.74, 6) is -0.921. The van der Waals surface area contributed by atoms with E-state index < -0.39 is 28.2 Å². The molecule has 102 valence electrons. The summed E-state index contributed by atoms with van der Waals surface area (Å²) in [5.41, 5.74) is 0. The van der Waals surface area contributed by atoms with E-state index in [1.165, 1.54) is 0 Å². The minimum atomic E-state index is -4.39. The van der Waals surface area contributed by atoms with Crippen LogP contribution < -0.4 is 5.32 Å². The van der Waals surface area contributed by atoms with Gasteiger partial charge in [-0.25, -0.2) is 8.42 Å². The topological polar surface area (TPSA) is 46.2 Å². The van der Waals surface area contributed by atoms with Gasteiger partial charge in [0, 0.05) is 6.04 Å². The highest BCUT2D eigenvalue weighted by molar-refractivity contribution is 7.91. The van der Waals surface area contributed by atoms with Crippen LogP contribution in [-0.2, 0) is 9.84 Å². The number of sulfone groups is 1. The van der Waals surface area contributed by atoms with Gasteiger partial charge in [-0.2, -0.15) is 13.2 Å². The van der Waals surface area contributed by atoms with Gasteiger partial charge in [-0.1, -0.05) is 0 Å². The van der Waals surface area contributed by atoms with Crippen molar-refractivity contribution in [3.05, 3.63) is 0 Å². The van der Waals surface area contributed by atoms with Gasteiger partial charge in [0.15, 0.2) is 9.84 Å². The van der Waals surface area contributed by atoms with Gasteiger partial charge in [0.1, 0.15) is 0 Å². The Kier molecular flexibility index (Phi) is 5.24. The zero-order chi connectivity index (χ0) is 12.9. The maximum Gasteiger partial charge on any atom is 0.390 e. The second-order valence-electron chi connectivity index (χ2n) is 4.45. The summed E-state index contributed by atoms with van der Waals surface area (Å²) in [7, 11) is -3.55. The van der Waals surface area contributed by atoms with Crippen LogP contribution >= 0.6 is 0 Å². The van der Waals surface area contributed by atoms with Crippen LogP contribution in [0.25, 0.3) is 0 Å². The van der Waals surface area contributed by atoms with Gasteiger partial charge in [-0.05, 0) is 32.2 Å². The molecule has 3 nitrogen and oxygen atoms in total. The van der Waals surface area contributed by atoms with Crippen LogP contribution in [0.1, 0.15) is 32.1 Å². The van der Waals surface area contributed by atoms with E-state index >= 15 is 0 Å². The molecule has 1 saturated heterocycles. The minimum absolute atomic E-state index is 0.138. The molecule has 1 aliphatic heterocycles. The van der Waals surface area contributed by atoms with E-state index in [0.29, 0.717) is 12.5 Å². The molecule has 1 fully saturated rings. The molecular formula is C10H18F3NO2S. The SMILES string of the molecule is O=S(=O)(CCC[C@@H]1CCCN1)CCC(F)(F)F. The molecule has 0 amide bonds. The molecular weight excluding hydrogens is 255 g/mol. The van der Waals surface area contributed by atoms with E-state index in [0.717, 1.165) is 25.8 Å². The first kappa shape index (κ1) is 14.8. The Morgan fingerprint density at radius 2 is 1.94 bits per heavy atom. The molecule has 0 saturated carbocycles. The molecule has 7 heteroatoms. The van der Waals surface area contributed by atoms with Crippen molar-refractivity contribution in [2.24, 2.45) is 0 Å². The monoisotopic (exact) mass is 273 g/mol. The summed E-state index contributed by atoms with van der Waals surface area (Å²) in [4.78, 5) is 0. The molecule has 1 rings (SSSR count). The smallest absolute Gasteiger partial charge is 0.314 e. The highest BCUT2D eigenvalue weighted by Crippen LogP contribution is 2.20. The average molecular weight is 273 g/mol. The first-order valence-corrected chi connectivity index (χ1v) is 7.61. The minimum Gasteiger partial charge on any atom is -0.314 e. The van der Waals surface area contributed by atoms with E-state index in [1.54, 1.807) is 0 Å². The Balaban J connectivity index is 2.20. The van der Waals surface area contributed by atoms with Crippen molar-refractivity contribution in [2.75, 3.05) is 18.1 Å². The molecule has 1 N–H and O–H groups in total. The maximum atomic E-state index is 11.9. The number of nitrogens with one attached hydrogen (secondary N) is 1. The summed E-state index contributed by atoms with van der Waals surface area (Å²) >= 11 is 0. The van der Waals surface area contributed by atoms with Gasteiger partial charge >= 0.3 is 6.18 Å². The van der Waals surface area contributed by atoms with E-state index in [2.05, 4.69) is 5.32 Å². The normalized spacial score (nSPS) is 21.9. The Bertz CT molecular complexity index is 321. The second kappa shape index (κ2) is 6.04.